The van der Waals surface area contributed by atoms with Crippen molar-refractivity contribution in [2.45, 2.75) is 12.8 Å². The summed E-state index contributed by atoms with van der Waals surface area (Å²) >= 11 is 12.2. The van der Waals surface area contributed by atoms with Gasteiger partial charge in [0.05, 0.1) is 10.6 Å². The molecule has 0 aromatic heterocycles. The van der Waals surface area contributed by atoms with Crippen molar-refractivity contribution in [2.75, 3.05) is 13.1 Å². The lowest BCUT2D eigenvalue weighted by Gasteiger charge is -2.39. The molecule has 4 heteroatoms. The molecule has 1 aliphatic rings. The minimum Gasteiger partial charge on any atom is -0.337 e. The summed E-state index contributed by atoms with van der Waals surface area (Å²) in [5, 5.41) is 1.25. The fraction of sp³-hybridized carbons (Fsp3) is 0.235. The molecule has 0 aliphatic carbocycles. The number of likely N-dealkylation sites (tertiary alicyclic amines) is 1. The zero-order chi connectivity index (χ0) is 15.0. The molecule has 3 rings (SSSR count). The van der Waals surface area contributed by atoms with Gasteiger partial charge in [0, 0.05) is 24.0 Å². The van der Waals surface area contributed by atoms with Gasteiger partial charge < -0.3 is 4.90 Å². The van der Waals surface area contributed by atoms with Crippen LogP contribution in [0.25, 0.3) is 0 Å². The van der Waals surface area contributed by atoms with Crippen molar-refractivity contribution < 1.29 is 4.79 Å². The highest BCUT2D eigenvalue weighted by molar-refractivity contribution is 6.34. The topological polar surface area (TPSA) is 20.3 Å². The molecule has 2 aromatic rings. The summed E-state index contributed by atoms with van der Waals surface area (Å²) in [6.45, 7) is 3.38. The van der Waals surface area contributed by atoms with Crippen molar-refractivity contribution in [3.8, 4) is 0 Å². The largest absolute Gasteiger partial charge is 0.337 e. The maximum absolute atomic E-state index is 12.4. The predicted octanol–water partition coefficient (Wildman–Crippen LogP) is 4.54. The molecule has 1 fully saturated rings. The second-order valence-corrected chi connectivity index (χ2v) is 6.29. The van der Waals surface area contributed by atoms with Crippen LogP contribution in [0.4, 0.5) is 0 Å². The lowest BCUT2D eigenvalue weighted by Crippen LogP contribution is -2.48. The van der Waals surface area contributed by atoms with Crippen LogP contribution in [0, 0.1) is 6.92 Å². The minimum atomic E-state index is -0.00159. The number of halogens is 2. The fourth-order valence-electron chi connectivity index (χ4n) is 2.58. The summed E-state index contributed by atoms with van der Waals surface area (Å²) in [6, 6.07) is 13.4. The Bertz CT molecular complexity index is 693. The minimum absolute atomic E-state index is 0.00159. The highest BCUT2D eigenvalue weighted by Gasteiger charge is 2.32. The molecule has 0 saturated carbocycles. The Balaban J connectivity index is 1.70. The van der Waals surface area contributed by atoms with Gasteiger partial charge in [0.15, 0.2) is 0 Å². The van der Waals surface area contributed by atoms with Gasteiger partial charge in [-0.05, 0) is 42.3 Å². The molecule has 1 aliphatic heterocycles. The number of hydrogen-bond donors (Lipinski definition) is 0. The molecule has 0 spiro atoms. The molecule has 1 heterocycles. The normalized spacial score (nSPS) is 14.9. The van der Waals surface area contributed by atoms with Gasteiger partial charge in [-0.3, -0.25) is 4.79 Å². The van der Waals surface area contributed by atoms with E-state index in [0.717, 1.165) is 10.6 Å². The number of rotatable bonds is 2. The zero-order valence-corrected chi connectivity index (χ0v) is 13.2. The van der Waals surface area contributed by atoms with E-state index in [1.807, 2.05) is 42.2 Å². The summed E-state index contributed by atoms with van der Waals surface area (Å²) < 4.78 is 0. The SMILES string of the molecule is Cc1ccc(C(=O)N2CC(c3cccc(Cl)c3)C2)c(Cl)c1. The molecule has 0 bridgehead atoms. The molecular weight excluding hydrogens is 305 g/mol. The van der Waals surface area contributed by atoms with Gasteiger partial charge >= 0.3 is 0 Å². The second kappa shape index (κ2) is 5.70. The molecule has 1 saturated heterocycles. The standard InChI is InChI=1S/C17H15Cl2NO/c1-11-5-6-15(16(19)7-11)17(21)20-9-13(10-20)12-3-2-4-14(18)8-12/h2-8,13H,9-10H2,1H3. The first-order valence-electron chi connectivity index (χ1n) is 6.85. The van der Waals surface area contributed by atoms with Crippen LogP contribution in [0.15, 0.2) is 42.5 Å². The van der Waals surface area contributed by atoms with Crippen molar-refractivity contribution in [3.63, 3.8) is 0 Å². The highest BCUT2D eigenvalue weighted by Crippen LogP contribution is 2.31. The van der Waals surface area contributed by atoms with Crippen molar-refractivity contribution in [1.82, 2.24) is 4.90 Å². The van der Waals surface area contributed by atoms with E-state index >= 15 is 0 Å². The van der Waals surface area contributed by atoms with Crippen LogP contribution in [-0.2, 0) is 0 Å². The van der Waals surface area contributed by atoms with E-state index < -0.39 is 0 Å². The number of hydrogen-bond acceptors (Lipinski definition) is 1. The molecule has 21 heavy (non-hydrogen) atoms. The Morgan fingerprint density at radius 3 is 2.57 bits per heavy atom. The number of aryl methyl sites for hydroxylation is 1. The summed E-state index contributed by atoms with van der Waals surface area (Å²) in [5.41, 5.74) is 2.81. The van der Waals surface area contributed by atoms with Gasteiger partial charge in [-0.2, -0.15) is 0 Å². The van der Waals surface area contributed by atoms with E-state index in [-0.39, 0.29) is 5.91 Å². The Labute approximate surface area is 134 Å². The number of amides is 1. The monoisotopic (exact) mass is 319 g/mol. The molecule has 2 nitrogen and oxygen atoms in total. The Hall–Kier alpha value is -1.51. The van der Waals surface area contributed by atoms with Gasteiger partial charge in [0.2, 0.25) is 0 Å². The number of carbonyl (C=O) groups excluding carboxylic acids is 1. The van der Waals surface area contributed by atoms with Crippen LogP contribution < -0.4 is 0 Å². The van der Waals surface area contributed by atoms with Gasteiger partial charge in [-0.1, -0.05) is 41.4 Å². The van der Waals surface area contributed by atoms with Crippen LogP contribution in [0.3, 0.4) is 0 Å². The number of carbonyl (C=O) groups is 1. The van der Waals surface area contributed by atoms with Gasteiger partial charge in [-0.25, -0.2) is 0 Å². The van der Waals surface area contributed by atoms with Crippen molar-refractivity contribution in [3.05, 3.63) is 69.2 Å². The average Bonchev–Trinajstić information content (AvgIpc) is 2.36. The average molecular weight is 320 g/mol. The summed E-state index contributed by atoms with van der Waals surface area (Å²) in [5.74, 6) is 0.357. The lowest BCUT2D eigenvalue weighted by molar-refractivity contribution is 0.0602. The molecule has 0 radical (unpaired) electrons. The molecule has 0 atom stereocenters. The van der Waals surface area contributed by atoms with Crippen LogP contribution in [0.1, 0.15) is 27.4 Å². The van der Waals surface area contributed by atoms with E-state index in [2.05, 4.69) is 6.07 Å². The fourth-order valence-corrected chi connectivity index (χ4v) is 3.09. The quantitative estimate of drug-likeness (QED) is 0.795. The van der Waals surface area contributed by atoms with Crippen LogP contribution in [0.5, 0.6) is 0 Å². The first-order chi connectivity index (χ1) is 10.0. The van der Waals surface area contributed by atoms with E-state index in [1.165, 1.54) is 5.56 Å². The zero-order valence-electron chi connectivity index (χ0n) is 11.6. The van der Waals surface area contributed by atoms with E-state index in [4.69, 9.17) is 23.2 Å². The first-order valence-corrected chi connectivity index (χ1v) is 7.61. The van der Waals surface area contributed by atoms with Crippen LogP contribution >= 0.6 is 23.2 Å². The molecule has 0 unspecified atom stereocenters. The van der Waals surface area contributed by atoms with Crippen LogP contribution in [0.2, 0.25) is 10.0 Å². The van der Waals surface area contributed by atoms with Crippen molar-refractivity contribution in [2.24, 2.45) is 0 Å². The maximum Gasteiger partial charge on any atom is 0.255 e. The lowest BCUT2D eigenvalue weighted by atomic mass is 9.91. The van der Waals surface area contributed by atoms with Gasteiger partial charge in [0.1, 0.15) is 0 Å². The molecule has 2 aromatic carbocycles. The first kappa shape index (κ1) is 14.4. The molecule has 108 valence electrons. The van der Waals surface area contributed by atoms with Gasteiger partial charge in [-0.15, -0.1) is 0 Å². The number of nitrogens with zero attached hydrogens (tertiary/aromatic N) is 1. The number of benzene rings is 2. The molecular formula is C17H15Cl2NO. The molecule has 0 N–H and O–H groups in total. The maximum atomic E-state index is 12.4. The third kappa shape index (κ3) is 2.92. The van der Waals surface area contributed by atoms with Crippen molar-refractivity contribution in [1.29, 1.82) is 0 Å². The Kier molecular flexibility index (Phi) is 3.92. The summed E-state index contributed by atoms with van der Waals surface area (Å²) in [7, 11) is 0. The third-order valence-electron chi connectivity index (χ3n) is 3.84. The van der Waals surface area contributed by atoms with Crippen molar-refractivity contribution >= 4 is 29.1 Å². The summed E-state index contributed by atoms with van der Waals surface area (Å²) in [6.07, 6.45) is 0. The molecule has 1 amide bonds. The second-order valence-electron chi connectivity index (χ2n) is 5.45. The predicted molar refractivity (Wildman–Crippen MR) is 86.3 cm³/mol. The van der Waals surface area contributed by atoms with E-state index in [9.17, 15) is 4.79 Å². The third-order valence-corrected chi connectivity index (χ3v) is 4.39. The smallest absolute Gasteiger partial charge is 0.255 e. The van der Waals surface area contributed by atoms with E-state index in [0.29, 0.717) is 29.6 Å². The highest BCUT2D eigenvalue weighted by atomic mass is 35.5. The Morgan fingerprint density at radius 2 is 1.90 bits per heavy atom. The summed E-state index contributed by atoms with van der Waals surface area (Å²) in [4.78, 5) is 14.2. The van der Waals surface area contributed by atoms with E-state index in [1.54, 1.807) is 6.07 Å². The van der Waals surface area contributed by atoms with Gasteiger partial charge in [0.25, 0.3) is 5.91 Å². The Morgan fingerprint density at radius 1 is 1.14 bits per heavy atom. The van der Waals surface area contributed by atoms with Crippen LogP contribution in [-0.4, -0.2) is 23.9 Å².